The number of fused-ring (bicyclic) bond motifs is 1. The van der Waals surface area contributed by atoms with Crippen LogP contribution in [0.5, 0.6) is 0 Å². The van der Waals surface area contributed by atoms with Crippen molar-refractivity contribution in [3.63, 3.8) is 0 Å². The quantitative estimate of drug-likeness (QED) is 0.743. The molecule has 102 valence electrons. The van der Waals surface area contributed by atoms with E-state index in [1.807, 2.05) is 30.3 Å². The standard InChI is InChI=1S/C14H10BrClN2O2/c15-11-5-9(16)2-1-8(11)7-17-10-3-4-13-12(6-10)18-14(19)20-13/h1-6,17H,7H2,(H,18,19). The summed E-state index contributed by atoms with van der Waals surface area (Å²) in [6.07, 6.45) is 0. The Morgan fingerprint density at radius 3 is 2.90 bits per heavy atom. The van der Waals surface area contributed by atoms with Gasteiger partial charge in [0.1, 0.15) is 0 Å². The normalized spacial score (nSPS) is 10.9. The van der Waals surface area contributed by atoms with E-state index in [1.165, 1.54) is 0 Å². The maximum absolute atomic E-state index is 11.1. The largest absolute Gasteiger partial charge is 0.417 e. The zero-order chi connectivity index (χ0) is 14.1. The minimum absolute atomic E-state index is 0.447. The number of aromatic nitrogens is 1. The Morgan fingerprint density at radius 1 is 1.25 bits per heavy atom. The van der Waals surface area contributed by atoms with Crippen molar-refractivity contribution in [2.75, 3.05) is 5.32 Å². The second-order valence-electron chi connectivity index (χ2n) is 4.31. The molecule has 0 aliphatic heterocycles. The van der Waals surface area contributed by atoms with Crippen LogP contribution < -0.4 is 11.1 Å². The van der Waals surface area contributed by atoms with Gasteiger partial charge in [0.2, 0.25) is 0 Å². The van der Waals surface area contributed by atoms with Gasteiger partial charge >= 0.3 is 5.76 Å². The van der Waals surface area contributed by atoms with Crippen molar-refractivity contribution in [2.24, 2.45) is 0 Å². The lowest BCUT2D eigenvalue weighted by Gasteiger charge is -2.08. The molecule has 0 spiro atoms. The molecule has 3 rings (SSSR count). The number of hydrogen-bond donors (Lipinski definition) is 2. The fourth-order valence-electron chi connectivity index (χ4n) is 1.92. The highest BCUT2D eigenvalue weighted by molar-refractivity contribution is 9.10. The van der Waals surface area contributed by atoms with E-state index in [0.29, 0.717) is 22.7 Å². The van der Waals surface area contributed by atoms with Crippen molar-refractivity contribution < 1.29 is 4.42 Å². The smallest absolute Gasteiger partial charge is 0.408 e. The first-order valence-corrected chi connectivity index (χ1v) is 7.09. The van der Waals surface area contributed by atoms with Crippen molar-refractivity contribution in [1.82, 2.24) is 4.98 Å². The molecule has 0 atom stereocenters. The van der Waals surface area contributed by atoms with E-state index in [0.717, 1.165) is 15.7 Å². The van der Waals surface area contributed by atoms with Gasteiger partial charge in [0.25, 0.3) is 0 Å². The predicted molar refractivity (Wildman–Crippen MR) is 83.3 cm³/mol. The lowest BCUT2D eigenvalue weighted by atomic mass is 10.2. The maximum atomic E-state index is 11.1. The van der Waals surface area contributed by atoms with Crippen LogP contribution in [0, 0.1) is 0 Å². The molecule has 0 aliphatic carbocycles. The molecular weight excluding hydrogens is 344 g/mol. The first-order valence-electron chi connectivity index (χ1n) is 5.92. The number of H-pyrrole nitrogens is 1. The Labute approximate surface area is 127 Å². The van der Waals surface area contributed by atoms with E-state index in [9.17, 15) is 4.79 Å². The number of rotatable bonds is 3. The Hall–Kier alpha value is -1.72. The molecule has 0 saturated heterocycles. The molecule has 2 aromatic carbocycles. The molecule has 20 heavy (non-hydrogen) atoms. The van der Waals surface area contributed by atoms with Crippen LogP contribution in [0.2, 0.25) is 5.02 Å². The topological polar surface area (TPSA) is 58.0 Å². The van der Waals surface area contributed by atoms with Gasteiger partial charge in [-0.2, -0.15) is 0 Å². The van der Waals surface area contributed by atoms with Crippen molar-refractivity contribution in [3.05, 3.63) is 62.0 Å². The maximum Gasteiger partial charge on any atom is 0.417 e. The molecule has 1 aromatic heterocycles. The molecule has 0 bridgehead atoms. The number of anilines is 1. The van der Waals surface area contributed by atoms with Crippen LogP contribution >= 0.6 is 27.5 Å². The Kier molecular flexibility index (Phi) is 3.54. The Balaban J connectivity index is 1.80. The molecule has 0 aliphatic rings. The molecule has 0 amide bonds. The Bertz CT molecular complexity index is 825. The number of aromatic amines is 1. The zero-order valence-corrected chi connectivity index (χ0v) is 12.6. The number of hydrogen-bond acceptors (Lipinski definition) is 3. The van der Waals surface area contributed by atoms with E-state index in [-0.39, 0.29) is 0 Å². The fraction of sp³-hybridized carbons (Fsp3) is 0.0714. The second-order valence-corrected chi connectivity index (χ2v) is 5.61. The third-order valence-electron chi connectivity index (χ3n) is 2.92. The van der Waals surface area contributed by atoms with E-state index in [4.69, 9.17) is 16.0 Å². The molecule has 0 radical (unpaired) electrons. The van der Waals surface area contributed by atoms with Crippen LogP contribution in [0.25, 0.3) is 11.1 Å². The molecule has 6 heteroatoms. The summed E-state index contributed by atoms with van der Waals surface area (Å²) in [6.45, 7) is 0.644. The van der Waals surface area contributed by atoms with E-state index >= 15 is 0 Å². The number of nitrogens with one attached hydrogen (secondary N) is 2. The van der Waals surface area contributed by atoms with Gasteiger partial charge in [0.15, 0.2) is 5.58 Å². The minimum Gasteiger partial charge on any atom is -0.408 e. The third-order valence-corrected chi connectivity index (χ3v) is 3.89. The van der Waals surface area contributed by atoms with Crippen molar-refractivity contribution >= 4 is 44.3 Å². The highest BCUT2D eigenvalue weighted by Gasteiger charge is 2.04. The van der Waals surface area contributed by atoms with Gasteiger partial charge < -0.3 is 9.73 Å². The van der Waals surface area contributed by atoms with Crippen molar-refractivity contribution in [1.29, 1.82) is 0 Å². The zero-order valence-electron chi connectivity index (χ0n) is 10.2. The summed E-state index contributed by atoms with van der Waals surface area (Å²) in [5.41, 5.74) is 3.22. The van der Waals surface area contributed by atoms with Gasteiger partial charge in [-0.3, -0.25) is 4.98 Å². The first-order chi connectivity index (χ1) is 9.61. The van der Waals surface area contributed by atoms with Crippen LogP contribution in [-0.2, 0) is 6.54 Å². The van der Waals surface area contributed by atoms with E-state index in [2.05, 4.69) is 26.2 Å². The molecule has 2 N–H and O–H groups in total. The molecule has 1 heterocycles. The average molecular weight is 354 g/mol. The molecule has 0 fully saturated rings. The van der Waals surface area contributed by atoms with Gasteiger partial charge in [-0.15, -0.1) is 0 Å². The molecule has 4 nitrogen and oxygen atoms in total. The van der Waals surface area contributed by atoms with Gasteiger partial charge in [-0.1, -0.05) is 33.6 Å². The van der Waals surface area contributed by atoms with Crippen molar-refractivity contribution in [2.45, 2.75) is 6.54 Å². The van der Waals surface area contributed by atoms with Gasteiger partial charge in [-0.05, 0) is 35.9 Å². The lowest BCUT2D eigenvalue weighted by Crippen LogP contribution is -2.00. The molecule has 0 unspecified atom stereocenters. The van der Waals surface area contributed by atoms with Gasteiger partial charge in [0.05, 0.1) is 5.52 Å². The highest BCUT2D eigenvalue weighted by atomic mass is 79.9. The van der Waals surface area contributed by atoms with Crippen LogP contribution in [0.4, 0.5) is 5.69 Å². The SMILES string of the molecule is O=c1[nH]c2cc(NCc3ccc(Cl)cc3Br)ccc2o1. The first kappa shape index (κ1) is 13.3. The summed E-state index contributed by atoms with van der Waals surface area (Å²) >= 11 is 9.38. The summed E-state index contributed by atoms with van der Waals surface area (Å²) in [7, 11) is 0. The predicted octanol–water partition coefficient (Wildman–Crippen LogP) is 4.15. The van der Waals surface area contributed by atoms with Crippen LogP contribution in [0.15, 0.2) is 50.1 Å². The average Bonchev–Trinajstić information content (AvgIpc) is 2.77. The molecule has 3 aromatic rings. The van der Waals surface area contributed by atoms with Crippen LogP contribution in [-0.4, -0.2) is 4.98 Å². The Morgan fingerprint density at radius 2 is 2.10 bits per heavy atom. The summed E-state index contributed by atoms with van der Waals surface area (Å²) in [4.78, 5) is 13.7. The van der Waals surface area contributed by atoms with E-state index in [1.54, 1.807) is 6.07 Å². The summed E-state index contributed by atoms with van der Waals surface area (Å²) < 4.78 is 5.91. The fourth-order valence-corrected chi connectivity index (χ4v) is 2.75. The summed E-state index contributed by atoms with van der Waals surface area (Å²) in [5.74, 6) is -0.447. The molecule has 0 saturated carbocycles. The third kappa shape index (κ3) is 2.73. The van der Waals surface area contributed by atoms with Crippen molar-refractivity contribution in [3.8, 4) is 0 Å². The van der Waals surface area contributed by atoms with Gasteiger partial charge in [0, 0.05) is 21.7 Å². The highest BCUT2D eigenvalue weighted by Crippen LogP contribution is 2.23. The van der Waals surface area contributed by atoms with E-state index < -0.39 is 5.76 Å². The minimum atomic E-state index is -0.447. The number of oxazole rings is 1. The molecular formula is C14H10BrClN2O2. The summed E-state index contributed by atoms with van der Waals surface area (Å²) in [5, 5.41) is 3.98. The van der Waals surface area contributed by atoms with Crippen LogP contribution in [0.1, 0.15) is 5.56 Å². The van der Waals surface area contributed by atoms with Crippen LogP contribution in [0.3, 0.4) is 0 Å². The number of halogens is 2. The lowest BCUT2D eigenvalue weighted by molar-refractivity contribution is 0.555. The number of benzene rings is 2. The summed E-state index contributed by atoms with van der Waals surface area (Å²) in [6, 6.07) is 11.1. The monoisotopic (exact) mass is 352 g/mol. The van der Waals surface area contributed by atoms with Gasteiger partial charge in [-0.25, -0.2) is 4.79 Å². The second kappa shape index (κ2) is 5.34.